The molecule has 0 fully saturated rings. The van der Waals surface area contributed by atoms with E-state index >= 15 is 0 Å². The zero-order valence-electron chi connectivity index (χ0n) is 13.6. The molecule has 0 saturated heterocycles. The number of hydrogen-bond donors (Lipinski definition) is 1. The van der Waals surface area contributed by atoms with E-state index in [1.807, 2.05) is 38.1 Å². The lowest BCUT2D eigenvalue weighted by molar-refractivity contribution is -0.116. The van der Waals surface area contributed by atoms with Crippen LogP contribution in [-0.2, 0) is 14.6 Å². The Balaban J connectivity index is 1.97. The average molecular weight is 341 g/mol. The molecule has 0 heterocycles. The van der Waals surface area contributed by atoms with Crippen LogP contribution >= 0.6 is 0 Å². The van der Waals surface area contributed by atoms with Crippen molar-refractivity contribution in [1.29, 1.82) is 0 Å². The number of nitrogens with one attached hydrogen (secondary N) is 1. The SMILES string of the molecule is Cc1ccc(S(=O)(=O)CNC(=O)C=C=Cc2cccc(C)c2)cc1. The van der Waals surface area contributed by atoms with Crippen LogP contribution in [0.2, 0.25) is 0 Å². The van der Waals surface area contributed by atoms with Gasteiger partial charge in [0.05, 0.1) is 4.90 Å². The van der Waals surface area contributed by atoms with Crippen LogP contribution in [0.4, 0.5) is 0 Å². The molecule has 2 rings (SSSR count). The standard InChI is InChI=1S/C19H19NO3S/c1-15-9-11-18(12-10-15)24(22,23)14-20-19(21)8-4-7-17-6-3-5-16(2)13-17/h3,5-13H,14H2,1-2H3,(H,20,21). The molecule has 24 heavy (non-hydrogen) atoms. The number of rotatable bonds is 5. The van der Waals surface area contributed by atoms with Gasteiger partial charge in [-0.3, -0.25) is 4.79 Å². The van der Waals surface area contributed by atoms with Gasteiger partial charge in [0.15, 0.2) is 9.84 Å². The Labute approximate surface area is 142 Å². The van der Waals surface area contributed by atoms with E-state index in [2.05, 4.69) is 11.0 Å². The highest BCUT2D eigenvalue weighted by Crippen LogP contribution is 2.11. The maximum Gasteiger partial charge on any atom is 0.252 e. The first kappa shape index (κ1) is 17.7. The highest BCUT2D eigenvalue weighted by Gasteiger charge is 2.14. The Kier molecular flexibility index (Phi) is 5.74. The van der Waals surface area contributed by atoms with Gasteiger partial charge >= 0.3 is 0 Å². The lowest BCUT2D eigenvalue weighted by atomic mass is 10.1. The monoisotopic (exact) mass is 341 g/mol. The second kappa shape index (κ2) is 7.77. The number of carbonyl (C=O) groups is 1. The fraction of sp³-hybridized carbons (Fsp3) is 0.158. The van der Waals surface area contributed by atoms with Crippen LogP contribution < -0.4 is 5.32 Å². The minimum atomic E-state index is -3.54. The number of benzene rings is 2. The lowest BCUT2D eigenvalue weighted by Gasteiger charge is -2.05. The van der Waals surface area contributed by atoms with Crippen LogP contribution in [0.1, 0.15) is 16.7 Å². The molecule has 5 heteroatoms. The van der Waals surface area contributed by atoms with Crippen molar-refractivity contribution in [2.75, 3.05) is 5.88 Å². The van der Waals surface area contributed by atoms with Crippen LogP contribution in [0, 0.1) is 13.8 Å². The summed E-state index contributed by atoms with van der Waals surface area (Å²) in [6.07, 6.45) is 2.86. The van der Waals surface area contributed by atoms with E-state index in [9.17, 15) is 13.2 Å². The first-order valence-corrected chi connectivity index (χ1v) is 9.08. The summed E-state index contributed by atoms with van der Waals surface area (Å²) in [5.74, 6) is -0.952. The van der Waals surface area contributed by atoms with Gasteiger partial charge < -0.3 is 5.32 Å². The molecule has 0 bridgehead atoms. The highest BCUT2D eigenvalue weighted by atomic mass is 32.2. The molecule has 1 amide bonds. The first-order chi connectivity index (χ1) is 11.4. The number of sulfone groups is 1. The van der Waals surface area contributed by atoms with Crippen molar-refractivity contribution in [2.24, 2.45) is 0 Å². The number of aryl methyl sites for hydroxylation is 2. The topological polar surface area (TPSA) is 63.2 Å². The summed E-state index contributed by atoms with van der Waals surface area (Å²) in [6, 6.07) is 14.3. The maximum atomic E-state index is 12.1. The van der Waals surface area contributed by atoms with Gasteiger partial charge in [0.1, 0.15) is 5.88 Å². The molecule has 2 aromatic rings. The predicted molar refractivity (Wildman–Crippen MR) is 95.1 cm³/mol. The normalized spacial score (nSPS) is 10.6. The van der Waals surface area contributed by atoms with Gasteiger partial charge in [-0.05, 0) is 37.6 Å². The van der Waals surface area contributed by atoms with E-state index < -0.39 is 21.6 Å². The summed E-state index contributed by atoms with van der Waals surface area (Å²) in [6.45, 7) is 3.85. The number of amides is 1. The van der Waals surface area contributed by atoms with Crippen LogP contribution in [0.5, 0.6) is 0 Å². The minimum Gasteiger partial charge on any atom is -0.338 e. The van der Waals surface area contributed by atoms with E-state index in [-0.39, 0.29) is 4.90 Å². The summed E-state index contributed by atoms with van der Waals surface area (Å²) in [4.78, 5) is 11.9. The summed E-state index contributed by atoms with van der Waals surface area (Å²) in [7, 11) is -3.54. The Morgan fingerprint density at radius 3 is 2.46 bits per heavy atom. The van der Waals surface area contributed by atoms with Crippen molar-refractivity contribution < 1.29 is 13.2 Å². The smallest absolute Gasteiger partial charge is 0.252 e. The van der Waals surface area contributed by atoms with E-state index in [1.54, 1.807) is 18.2 Å². The fourth-order valence-corrected chi connectivity index (χ4v) is 3.07. The minimum absolute atomic E-state index is 0.188. The highest BCUT2D eigenvalue weighted by molar-refractivity contribution is 7.91. The van der Waals surface area contributed by atoms with Gasteiger partial charge in [-0.15, -0.1) is 5.73 Å². The molecule has 0 aliphatic heterocycles. The maximum absolute atomic E-state index is 12.1. The molecule has 2 aromatic carbocycles. The number of carbonyl (C=O) groups excluding carboxylic acids is 1. The van der Waals surface area contributed by atoms with E-state index in [1.165, 1.54) is 18.2 Å². The number of hydrogen-bond acceptors (Lipinski definition) is 3. The molecule has 0 atom stereocenters. The van der Waals surface area contributed by atoms with Gasteiger partial charge in [-0.1, -0.05) is 47.5 Å². The molecule has 0 aliphatic carbocycles. The summed E-state index contributed by atoms with van der Waals surface area (Å²) < 4.78 is 24.2. The Hall–Kier alpha value is -2.62. The quantitative estimate of drug-likeness (QED) is 0.672. The van der Waals surface area contributed by atoms with Crippen molar-refractivity contribution >= 4 is 21.8 Å². The Bertz CT molecular complexity index is 890. The molecule has 0 radical (unpaired) electrons. The molecule has 4 nitrogen and oxygen atoms in total. The molecule has 0 spiro atoms. The average Bonchev–Trinajstić information content (AvgIpc) is 2.54. The van der Waals surface area contributed by atoms with Gasteiger partial charge in [0, 0.05) is 6.08 Å². The zero-order chi connectivity index (χ0) is 17.6. The van der Waals surface area contributed by atoms with Gasteiger partial charge in [-0.2, -0.15) is 0 Å². The van der Waals surface area contributed by atoms with Gasteiger partial charge in [0.2, 0.25) is 0 Å². The Morgan fingerprint density at radius 2 is 1.79 bits per heavy atom. The van der Waals surface area contributed by atoms with Crippen molar-refractivity contribution in [2.45, 2.75) is 18.7 Å². The zero-order valence-corrected chi connectivity index (χ0v) is 14.4. The van der Waals surface area contributed by atoms with Crippen LogP contribution in [-0.4, -0.2) is 20.2 Å². The third-order valence-corrected chi connectivity index (χ3v) is 4.84. The third kappa shape index (κ3) is 5.23. The summed E-state index contributed by atoms with van der Waals surface area (Å²) in [5.41, 5.74) is 5.76. The van der Waals surface area contributed by atoms with Crippen molar-refractivity contribution in [3.05, 3.63) is 77.0 Å². The van der Waals surface area contributed by atoms with E-state index in [4.69, 9.17) is 0 Å². The fourth-order valence-electron chi connectivity index (χ4n) is 2.02. The summed E-state index contributed by atoms with van der Waals surface area (Å²) >= 11 is 0. The second-order valence-corrected chi connectivity index (χ2v) is 7.47. The van der Waals surface area contributed by atoms with Crippen LogP contribution in [0.25, 0.3) is 6.08 Å². The molecule has 0 aromatic heterocycles. The van der Waals surface area contributed by atoms with Gasteiger partial charge in [-0.25, -0.2) is 8.42 Å². The third-order valence-electron chi connectivity index (χ3n) is 3.32. The van der Waals surface area contributed by atoms with E-state index in [0.29, 0.717) is 0 Å². The molecule has 0 saturated carbocycles. The van der Waals surface area contributed by atoms with E-state index in [0.717, 1.165) is 16.7 Å². The predicted octanol–water partition coefficient (Wildman–Crippen LogP) is 3.02. The lowest BCUT2D eigenvalue weighted by Crippen LogP contribution is -2.28. The van der Waals surface area contributed by atoms with Crippen molar-refractivity contribution in [1.82, 2.24) is 5.32 Å². The molecule has 124 valence electrons. The van der Waals surface area contributed by atoms with Crippen molar-refractivity contribution in [3.8, 4) is 0 Å². The second-order valence-electron chi connectivity index (χ2n) is 5.48. The molecule has 0 aliphatic rings. The van der Waals surface area contributed by atoms with Crippen LogP contribution in [0.15, 0.2) is 65.2 Å². The van der Waals surface area contributed by atoms with Crippen LogP contribution in [0.3, 0.4) is 0 Å². The molecule has 0 unspecified atom stereocenters. The molecular formula is C19H19NO3S. The largest absolute Gasteiger partial charge is 0.338 e. The molecule has 1 N–H and O–H groups in total. The van der Waals surface area contributed by atoms with Gasteiger partial charge in [0.25, 0.3) is 5.91 Å². The first-order valence-electron chi connectivity index (χ1n) is 7.43. The molecular weight excluding hydrogens is 322 g/mol. The summed E-state index contributed by atoms with van der Waals surface area (Å²) in [5, 5.41) is 2.37. The Morgan fingerprint density at radius 1 is 1.08 bits per heavy atom. The van der Waals surface area contributed by atoms with Crippen molar-refractivity contribution in [3.63, 3.8) is 0 Å².